The first-order valence-electron chi connectivity index (χ1n) is 24.8. The molecule has 0 saturated carbocycles. The van der Waals surface area contributed by atoms with Gasteiger partial charge in [0.25, 0.3) is 0 Å². The van der Waals surface area contributed by atoms with Crippen LogP contribution >= 0.6 is 0 Å². The standard InChI is InChI=1S/C51H95NO5/c1-3-5-7-9-11-13-15-17-18-20-23-27-31-35-39-43-49(54)48(47-53)52-50(55)44-40-36-32-28-24-21-22-26-30-34-38-42-46-57-51(56)45-41-37-33-29-25-19-16-14-12-10-8-6-4-2/h14,16,22,26,39,43,48-49,53-54H,3-13,15,17-21,23-25,27-38,40-42,44-47H2,1-2H3,(H,52,55)/b16-14-,26-22-,43-39+. The number of allylic oxidation sites excluding steroid dienone is 5. The highest BCUT2D eigenvalue weighted by Gasteiger charge is 2.18. The molecule has 0 aliphatic rings. The van der Waals surface area contributed by atoms with Gasteiger partial charge in [-0.25, -0.2) is 0 Å². The first-order valence-corrected chi connectivity index (χ1v) is 24.8. The van der Waals surface area contributed by atoms with E-state index in [1.807, 2.05) is 6.08 Å². The largest absolute Gasteiger partial charge is 0.466 e. The third-order valence-electron chi connectivity index (χ3n) is 11.1. The molecular formula is C51H95NO5. The number of unbranched alkanes of at least 4 members (excludes halogenated alkanes) is 30. The molecule has 6 heteroatoms. The molecule has 0 spiro atoms. The molecular weight excluding hydrogens is 707 g/mol. The molecule has 0 aliphatic heterocycles. The number of aliphatic hydroxyl groups excluding tert-OH is 2. The van der Waals surface area contributed by atoms with E-state index < -0.39 is 12.1 Å². The van der Waals surface area contributed by atoms with Crippen LogP contribution in [0.5, 0.6) is 0 Å². The number of hydrogen-bond donors (Lipinski definition) is 3. The quantitative estimate of drug-likeness (QED) is 0.0324. The van der Waals surface area contributed by atoms with E-state index in [9.17, 15) is 19.8 Å². The van der Waals surface area contributed by atoms with Gasteiger partial charge in [-0.3, -0.25) is 9.59 Å². The van der Waals surface area contributed by atoms with E-state index in [4.69, 9.17) is 4.74 Å². The second-order valence-electron chi connectivity index (χ2n) is 16.8. The van der Waals surface area contributed by atoms with Gasteiger partial charge < -0.3 is 20.3 Å². The highest BCUT2D eigenvalue weighted by molar-refractivity contribution is 5.76. The molecule has 0 rings (SSSR count). The van der Waals surface area contributed by atoms with Gasteiger partial charge in [0.1, 0.15) is 0 Å². The van der Waals surface area contributed by atoms with Crippen LogP contribution in [-0.2, 0) is 14.3 Å². The number of rotatable bonds is 45. The van der Waals surface area contributed by atoms with Crippen LogP contribution < -0.4 is 5.32 Å². The van der Waals surface area contributed by atoms with E-state index in [2.05, 4.69) is 43.5 Å². The molecule has 0 aliphatic carbocycles. The Morgan fingerprint density at radius 1 is 0.474 bits per heavy atom. The summed E-state index contributed by atoms with van der Waals surface area (Å²) in [6.07, 6.45) is 55.6. The van der Waals surface area contributed by atoms with Gasteiger partial charge in [-0.1, -0.05) is 185 Å². The fraction of sp³-hybridized carbons (Fsp3) is 0.843. The maximum atomic E-state index is 12.4. The van der Waals surface area contributed by atoms with Crippen molar-refractivity contribution >= 4 is 11.9 Å². The summed E-state index contributed by atoms with van der Waals surface area (Å²) in [6, 6.07) is -0.646. The zero-order chi connectivity index (χ0) is 41.5. The number of esters is 1. The van der Waals surface area contributed by atoms with Crippen LogP contribution in [0.1, 0.15) is 251 Å². The van der Waals surface area contributed by atoms with Crippen molar-refractivity contribution in [3.8, 4) is 0 Å². The van der Waals surface area contributed by atoms with Gasteiger partial charge in [0.05, 0.1) is 25.4 Å². The van der Waals surface area contributed by atoms with E-state index in [0.717, 1.165) is 83.5 Å². The number of ether oxygens (including phenoxy) is 1. The fourth-order valence-corrected chi connectivity index (χ4v) is 7.27. The van der Waals surface area contributed by atoms with E-state index in [0.29, 0.717) is 19.4 Å². The van der Waals surface area contributed by atoms with E-state index >= 15 is 0 Å². The summed E-state index contributed by atoms with van der Waals surface area (Å²) in [5, 5.41) is 23.0. The minimum absolute atomic E-state index is 0.0344. The third kappa shape index (κ3) is 43.5. The fourth-order valence-electron chi connectivity index (χ4n) is 7.27. The molecule has 6 nitrogen and oxygen atoms in total. The summed E-state index contributed by atoms with van der Waals surface area (Å²) in [5.74, 6) is -0.129. The lowest BCUT2D eigenvalue weighted by molar-refractivity contribution is -0.143. The van der Waals surface area contributed by atoms with Crippen molar-refractivity contribution in [2.24, 2.45) is 0 Å². The number of carbonyl (C=O) groups is 2. The smallest absolute Gasteiger partial charge is 0.305 e. The van der Waals surface area contributed by atoms with E-state index in [1.165, 1.54) is 141 Å². The monoisotopic (exact) mass is 802 g/mol. The number of aliphatic hydroxyl groups is 2. The summed E-state index contributed by atoms with van der Waals surface area (Å²) in [5.41, 5.74) is 0. The summed E-state index contributed by atoms with van der Waals surface area (Å²) in [7, 11) is 0. The molecule has 0 saturated heterocycles. The molecule has 0 heterocycles. The molecule has 2 unspecified atom stereocenters. The Morgan fingerprint density at radius 2 is 0.825 bits per heavy atom. The molecule has 3 N–H and O–H groups in total. The Labute approximate surface area is 353 Å². The van der Waals surface area contributed by atoms with E-state index in [1.54, 1.807) is 6.08 Å². The van der Waals surface area contributed by atoms with Crippen LogP contribution in [0.2, 0.25) is 0 Å². The van der Waals surface area contributed by atoms with Gasteiger partial charge in [-0.15, -0.1) is 0 Å². The molecule has 0 aromatic carbocycles. The van der Waals surface area contributed by atoms with Gasteiger partial charge in [-0.2, -0.15) is 0 Å². The molecule has 0 fully saturated rings. The molecule has 0 bridgehead atoms. The molecule has 334 valence electrons. The maximum Gasteiger partial charge on any atom is 0.305 e. The van der Waals surface area contributed by atoms with Gasteiger partial charge >= 0.3 is 5.97 Å². The highest BCUT2D eigenvalue weighted by atomic mass is 16.5. The predicted octanol–water partition coefficient (Wildman–Crippen LogP) is 14.5. The van der Waals surface area contributed by atoms with Crippen LogP contribution in [0.4, 0.5) is 0 Å². The van der Waals surface area contributed by atoms with Gasteiger partial charge in [0, 0.05) is 12.8 Å². The van der Waals surface area contributed by atoms with Crippen molar-refractivity contribution in [2.75, 3.05) is 13.2 Å². The topological polar surface area (TPSA) is 95.9 Å². The maximum absolute atomic E-state index is 12.4. The van der Waals surface area contributed by atoms with Crippen molar-refractivity contribution in [3.05, 3.63) is 36.5 Å². The van der Waals surface area contributed by atoms with Crippen molar-refractivity contribution < 1.29 is 24.5 Å². The first kappa shape index (κ1) is 55.1. The predicted molar refractivity (Wildman–Crippen MR) is 246 cm³/mol. The number of nitrogens with one attached hydrogen (secondary N) is 1. The lowest BCUT2D eigenvalue weighted by atomic mass is 10.0. The Kier molecular flexibility index (Phi) is 45.2. The Hall–Kier alpha value is -1.92. The lowest BCUT2D eigenvalue weighted by Gasteiger charge is -2.20. The van der Waals surface area contributed by atoms with Crippen molar-refractivity contribution in [2.45, 2.75) is 264 Å². The lowest BCUT2D eigenvalue weighted by Crippen LogP contribution is -2.45. The molecule has 0 radical (unpaired) electrons. The number of carbonyl (C=O) groups excluding carboxylic acids is 2. The molecule has 1 amide bonds. The number of amides is 1. The molecule has 57 heavy (non-hydrogen) atoms. The molecule has 0 aromatic rings. The Balaban J connectivity index is 3.57. The molecule has 2 atom stereocenters. The Bertz CT molecular complexity index is 931. The normalized spacial score (nSPS) is 13.0. The summed E-state index contributed by atoms with van der Waals surface area (Å²) < 4.78 is 5.43. The highest BCUT2D eigenvalue weighted by Crippen LogP contribution is 2.14. The SMILES string of the molecule is CCCCCC/C=C\CCCCCCCC(=O)OCCCCC/C=C\CCCCCCCC(=O)NC(CO)C(O)/C=C/CCCCCCCCCCCCCCC. The minimum atomic E-state index is -0.860. The number of hydrogen-bond acceptors (Lipinski definition) is 5. The zero-order valence-corrected chi connectivity index (χ0v) is 37.8. The van der Waals surface area contributed by atoms with Crippen molar-refractivity contribution in [3.63, 3.8) is 0 Å². The van der Waals surface area contributed by atoms with Crippen molar-refractivity contribution in [1.82, 2.24) is 5.32 Å². The van der Waals surface area contributed by atoms with Gasteiger partial charge in [-0.05, 0) is 89.9 Å². The zero-order valence-electron chi connectivity index (χ0n) is 37.8. The first-order chi connectivity index (χ1) is 28.0. The average Bonchev–Trinajstić information content (AvgIpc) is 3.21. The van der Waals surface area contributed by atoms with Crippen LogP contribution in [0.25, 0.3) is 0 Å². The summed E-state index contributed by atoms with van der Waals surface area (Å²) >= 11 is 0. The second kappa shape index (κ2) is 46.8. The van der Waals surface area contributed by atoms with Gasteiger partial charge in [0.15, 0.2) is 0 Å². The van der Waals surface area contributed by atoms with Crippen LogP contribution in [-0.4, -0.2) is 47.4 Å². The summed E-state index contributed by atoms with van der Waals surface area (Å²) in [6.45, 7) is 4.81. The van der Waals surface area contributed by atoms with Crippen LogP contribution in [0.3, 0.4) is 0 Å². The van der Waals surface area contributed by atoms with Crippen molar-refractivity contribution in [1.29, 1.82) is 0 Å². The minimum Gasteiger partial charge on any atom is -0.466 e. The third-order valence-corrected chi connectivity index (χ3v) is 11.1. The average molecular weight is 802 g/mol. The van der Waals surface area contributed by atoms with Crippen LogP contribution in [0.15, 0.2) is 36.5 Å². The summed E-state index contributed by atoms with van der Waals surface area (Å²) in [4.78, 5) is 24.4. The Morgan fingerprint density at radius 3 is 1.26 bits per heavy atom. The second-order valence-corrected chi connectivity index (χ2v) is 16.8. The van der Waals surface area contributed by atoms with Gasteiger partial charge in [0.2, 0.25) is 5.91 Å². The van der Waals surface area contributed by atoms with Crippen LogP contribution in [0, 0.1) is 0 Å². The van der Waals surface area contributed by atoms with E-state index in [-0.39, 0.29) is 18.5 Å². The molecule has 0 aromatic heterocycles.